The van der Waals surface area contributed by atoms with Gasteiger partial charge in [0, 0.05) is 49.8 Å². The van der Waals surface area contributed by atoms with Crippen molar-refractivity contribution < 1.29 is 42.7 Å². The van der Waals surface area contributed by atoms with Gasteiger partial charge >= 0.3 is 5.97 Å². The molecule has 4 heterocycles. The first-order valence-corrected chi connectivity index (χ1v) is 16.2. The number of ether oxygens (including phenoxy) is 8. The number of fused-ring (bicyclic) bond motifs is 4. The van der Waals surface area contributed by atoms with E-state index in [9.17, 15) is 4.79 Å². The fourth-order valence-electron chi connectivity index (χ4n) is 6.32. The molecule has 1 aromatic rings. The SMILES string of the molecule is CC=C1C(=CC2=COCO2)CC2CNC1C(CC(C)=C(C=C(OC)C(C)OC)CCOC(=O)C=Cc1ccc(OC)c(OC)c1OC)N2. The second kappa shape index (κ2) is 17.8. The summed E-state index contributed by atoms with van der Waals surface area (Å²) in [6.45, 7) is 7.45. The van der Waals surface area contributed by atoms with Gasteiger partial charge < -0.3 is 48.5 Å². The highest BCUT2D eigenvalue weighted by molar-refractivity contribution is 5.88. The number of rotatable bonds is 15. The third kappa shape index (κ3) is 9.03. The molecule has 0 saturated carbocycles. The minimum atomic E-state index is -0.471. The van der Waals surface area contributed by atoms with E-state index in [1.165, 1.54) is 31.4 Å². The largest absolute Gasteiger partial charge is 0.498 e. The van der Waals surface area contributed by atoms with E-state index in [4.69, 9.17) is 37.9 Å². The first kappa shape index (κ1) is 36.6. The third-order valence-electron chi connectivity index (χ3n) is 8.86. The van der Waals surface area contributed by atoms with Gasteiger partial charge in [0.15, 0.2) is 17.3 Å². The van der Waals surface area contributed by atoms with E-state index >= 15 is 0 Å². The molecule has 11 heteroatoms. The molecule has 11 nitrogen and oxygen atoms in total. The zero-order valence-corrected chi connectivity index (χ0v) is 29.3. The lowest BCUT2D eigenvalue weighted by Gasteiger charge is -2.36. The maximum Gasteiger partial charge on any atom is 0.330 e. The molecule has 0 amide bonds. The van der Waals surface area contributed by atoms with Crippen molar-refractivity contribution >= 4 is 12.0 Å². The fraction of sp³-hybridized carbons (Fsp3) is 0.486. The minimum Gasteiger partial charge on any atom is -0.498 e. The van der Waals surface area contributed by atoms with Crippen LogP contribution in [0.25, 0.3) is 6.08 Å². The van der Waals surface area contributed by atoms with Crippen molar-refractivity contribution in [2.75, 3.05) is 55.5 Å². The van der Waals surface area contributed by atoms with Crippen molar-refractivity contribution in [3.8, 4) is 17.2 Å². The molecule has 48 heavy (non-hydrogen) atoms. The van der Waals surface area contributed by atoms with Gasteiger partial charge in [0.1, 0.15) is 18.1 Å². The number of benzene rings is 1. The zero-order chi connectivity index (χ0) is 34.6. The number of carbonyl (C=O) groups excluding carboxylic acids is 1. The van der Waals surface area contributed by atoms with E-state index in [2.05, 4.69) is 36.6 Å². The molecule has 262 valence electrons. The Morgan fingerprint density at radius 2 is 1.90 bits per heavy atom. The molecule has 4 aliphatic heterocycles. The van der Waals surface area contributed by atoms with Crippen LogP contribution in [0.15, 0.2) is 76.5 Å². The quantitative estimate of drug-likeness (QED) is 0.109. The first-order chi connectivity index (χ1) is 23.3. The lowest BCUT2D eigenvalue weighted by Crippen LogP contribution is -2.59. The lowest BCUT2D eigenvalue weighted by atomic mass is 9.88. The van der Waals surface area contributed by atoms with Crippen molar-refractivity contribution in [3.05, 3.63) is 82.1 Å². The predicted molar refractivity (Wildman–Crippen MR) is 184 cm³/mol. The average molecular weight is 667 g/mol. The number of piperazine rings is 1. The second-order valence-electron chi connectivity index (χ2n) is 11.7. The van der Waals surface area contributed by atoms with Crippen LogP contribution in [0.5, 0.6) is 17.2 Å². The topological polar surface area (TPSA) is 115 Å². The molecule has 1 aromatic carbocycles. The van der Waals surface area contributed by atoms with Gasteiger partial charge in [-0.3, -0.25) is 0 Å². The Hall–Kier alpha value is -4.19. The Morgan fingerprint density at radius 3 is 2.54 bits per heavy atom. The summed E-state index contributed by atoms with van der Waals surface area (Å²) >= 11 is 0. The van der Waals surface area contributed by atoms with Gasteiger partial charge in [0.05, 0.1) is 35.0 Å². The highest BCUT2D eigenvalue weighted by Gasteiger charge is 2.37. The van der Waals surface area contributed by atoms with Gasteiger partial charge in [0.2, 0.25) is 12.5 Å². The molecular formula is C37H50N2O9. The fourth-order valence-corrected chi connectivity index (χ4v) is 6.32. The molecule has 2 N–H and O–H groups in total. The maximum absolute atomic E-state index is 12.8. The Morgan fingerprint density at radius 1 is 1.10 bits per heavy atom. The summed E-state index contributed by atoms with van der Waals surface area (Å²) in [6.07, 6.45) is 12.9. The molecule has 0 spiro atoms. The standard InChI is InChI=1S/C37H50N2O9/c1-9-30-27(18-29-21-46-22-48-29)17-28-20-38-35(30)31(39-28)16-23(2)26(19-33(43-6)24(3)41-4)14-15-47-34(40)13-11-25-10-12-32(42-5)37(45-8)36(25)44-7/h9-13,18-19,21,24,28,31,35,38-39H,14-17,20,22H2,1-8H3. The van der Waals surface area contributed by atoms with E-state index in [0.29, 0.717) is 35.0 Å². The summed E-state index contributed by atoms with van der Waals surface area (Å²) in [6, 6.07) is 4.07. The van der Waals surface area contributed by atoms with Gasteiger partial charge in [0.25, 0.3) is 0 Å². The number of nitrogens with one attached hydrogen (secondary N) is 2. The molecule has 2 bridgehead atoms. The minimum absolute atomic E-state index is 0.111. The van der Waals surface area contributed by atoms with E-state index in [0.717, 1.165) is 36.3 Å². The molecule has 0 aromatic heterocycles. The molecule has 4 atom stereocenters. The molecule has 0 aliphatic carbocycles. The van der Waals surface area contributed by atoms with Crippen LogP contribution in [0.1, 0.15) is 45.6 Å². The number of hydrogen-bond donors (Lipinski definition) is 2. The van der Waals surface area contributed by atoms with Crippen LogP contribution in [0.3, 0.4) is 0 Å². The van der Waals surface area contributed by atoms with Crippen LogP contribution in [-0.4, -0.2) is 85.7 Å². The second-order valence-corrected chi connectivity index (χ2v) is 11.7. The summed E-state index contributed by atoms with van der Waals surface area (Å²) in [7, 11) is 7.91. The summed E-state index contributed by atoms with van der Waals surface area (Å²) in [5.41, 5.74) is 5.34. The van der Waals surface area contributed by atoms with Gasteiger partial charge in [-0.25, -0.2) is 4.79 Å². The predicted octanol–water partition coefficient (Wildman–Crippen LogP) is 5.35. The Balaban J connectivity index is 1.51. The number of esters is 1. The number of allylic oxidation sites excluding steroid dienone is 3. The van der Waals surface area contributed by atoms with Crippen molar-refractivity contribution in [1.82, 2.24) is 10.6 Å². The lowest BCUT2D eigenvalue weighted by molar-refractivity contribution is -0.137. The van der Waals surface area contributed by atoms with Crippen LogP contribution in [-0.2, 0) is 28.5 Å². The molecule has 5 rings (SSSR count). The first-order valence-electron chi connectivity index (χ1n) is 16.2. The van der Waals surface area contributed by atoms with Crippen LogP contribution in [0.4, 0.5) is 0 Å². The van der Waals surface area contributed by atoms with Crippen LogP contribution < -0.4 is 24.8 Å². The molecule has 3 saturated heterocycles. The van der Waals surface area contributed by atoms with Gasteiger partial charge in [-0.2, -0.15) is 0 Å². The summed E-state index contributed by atoms with van der Waals surface area (Å²) in [5.74, 6) is 2.41. The molecule has 4 unspecified atom stereocenters. The zero-order valence-electron chi connectivity index (χ0n) is 29.3. The normalized spacial score (nSPS) is 23.6. The average Bonchev–Trinajstić information content (AvgIpc) is 3.50. The molecule has 3 fully saturated rings. The van der Waals surface area contributed by atoms with Gasteiger partial charge in [-0.1, -0.05) is 11.6 Å². The van der Waals surface area contributed by atoms with Gasteiger partial charge in [-0.05, 0) is 80.7 Å². The maximum atomic E-state index is 12.8. The Labute approximate surface area is 284 Å². The van der Waals surface area contributed by atoms with E-state index in [1.54, 1.807) is 45.8 Å². The summed E-state index contributed by atoms with van der Waals surface area (Å²) in [4.78, 5) is 12.8. The third-order valence-corrected chi connectivity index (χ3v) is 8.86. The number of methoxy groups -OCH3 is 5. The van der Waals surface area contributed by atoms with Crippen molar-refractivity contribution in [2.24, 2.45) is 0 Å². The van der Waals surface area contributed by atoms with E-state index in [1.807, 2.05) is 13.0 Å². The smallest absolute Gasteiger partial charge is 0.330 e. The highest BCUT2D eigenvalue weighted by Crippen LogP contribution is 2.40. The van der Waals surface area contributed by atoms with Crippen molar-refractivity contribution in [2.45, 2.75) is 64.3 Å². The molecule has 4 aliphatic rings. The summed E-state index contributed by atoms with van der Waals surface area (Å²) in [5, 5.41) is 7.66. The molecule has 0 radical (unpaired) electrons. The molecular weight excluding hydrogens is 616 g/mol. The van der Waals surface area contributed by atoms with Gasteiger partial charge in [-0.15, -0.1) is 0 Å². The van der Waals surface area contributed by atoms with Crippen LogP contribution >= 0.6 is 0 Å². The number of hydrogen-bond acceptors (Lipinski definition) is 11. The van der Waals surface area contributed by atoms with Crippen LogP contribution in [0, 0.1) is 0 Å². The number of carbonyl (C=O) groups is 1. The Kier molecular flexibility index (Phi) is 13.6. The van der Waals surface area contributed by atoms with Crippen molar-refractivity contribution in [1.29, 1.82) is 0 Å². The summed E-state index contributed by atoms with van der Waals surface area (Å²) < 4.78 is 44.1. The van der Waals surface area contributed by atoms with Crippen molar-refractivity contribution in [3.63, 3.8) is 0 Å². The van der Waals surface area contributed by atoms with E-state index < -0.39 is 5.97 Å². The monoisotopic (exact) mass is 666 g/mol. The highest BCUT2D eigenvalue weighted by atomic mass is 16.7. The Bertz CT molecular complexity index is 1470. The van der Waals surface area contributed by atoms with Crippen LogP contribution in [0.2, 0.25) is 0 Å². The van der Waals surface area contributed by atoms with E-state index in [-0.39, 0.29) is 37.6 Å².